The molecule has 0 aliphatic carbocycles. The summed E-state index contributed by atoms with van der Waals surface area (Å²) >= 11 is 0. The molecule has 0 radical (unpaired) electrons. The standard InChI is InChI=1S/C22H21N3O4S/c26-21-12-11-20(17-7-3-1-4-8-17)23-24(21)15-22(27)25(18-9-5-2-6-10-18)19-13-14-30(28,29)16-19/h1-12,19H,13-16H2/t19-/m1/s1. The van der Waals surface area contributed by atoms with Crippen LogP contribution in [0.15, 0.2) is 77.6 Å². The fraction of sp³-hybridized carbons (Fsp3) is 0.227. The number of rotatable bonds is 5. The Kier molecular flexibility index (Phi) is 5.50. The topological polar surface area (TPSA) is 89.3 Å². The maximum atomic E-state index is 13.2. The van der Waals surface area contributed by atoms with Gasteiger partial charge in [-0.2, -0.15) is 5.10 Å². The second-order valence-corrected chi connectivity index (χ2v) is 9.47. The summed E-state index contributed by atoms with van der Waals surface area (Å²) in [6, 6.07) is 20.9. The van der Waals surface area contributed by atoms with Crippen LogP contribution in [0.1, 0.15) is 6.42 Å². The highest BCUT2D eigenvalue weighted by molar-refractivity contribution is 7.91. The fourth-order valence-electron chi connectivity index (χ4n) is 3.66. The zero-order valence-corrected chi connectivity index (χ0v) is 17.0. The van der Waals surface area contributed by atoms with Gasteiger partial charge in [0, 0.05) is 17.3 Å². The fourth-order valence-corrected chi connectivity index (χ4v) is 5.36. The third-order valence-electron chi connectivity index (χ3n) is 5.10. The van der Waals surface area contributed by atoms with E-state index < -0.39 is 21.4 Å². The smallest absolute Gasteiger partial charge is 0.267 e. The zero-order chi connectivity index (χ0) is 21.1. The van der Waals surface area contributed by atoms with Crippen molar-refractivity contribution in [2.45, 2.75) is 19.0 Å². The Morgan fingerprint density at radius 3 is 2.30 bits per heavy atom. The molecular weight excluding hydrogens is 402 g/mol. The van der Waals surface area contributed by atoms with E-state index in [0.717, 1.165) is 10.2 Å². The van der Waals surface area contributed by atoms with Crippen molar-refractivity contribution in [1.82, 2.24) is 9.78 Å². The number of anilines is 1. The molecule has 2 heterocycles. The van der Waals surface area contributed by atoms with Crippen LogP contribution >= 0.6 is 0 Å². The zero-order valence-electron chi connectivity index (χ0n) is 16.2. The van der Waals surface area contributed by atoms with Crippen LogP contribution in [0.2, 0.25) is 0 Å². The van der Waals surface area contributed by atoms with Crippen molar-refractivity contribution >= 4 is 21.4 Å². The number of carbonyl (C=O) groups excluding carboxylic acids is 1. The van der Waals surface area contributed by atoms with E-state index in [1.54, 1.807) is 30.3 Å². The molecular formula is C22H21N3O4S. The van der Waals surface area contributed by atoms with Gasteiger partial charge >= 0.3 is 0 Å². The lowest BCUT2D eigenvalue weighted by Crippen LogP contribution is -2.44. The number of nitrogens with zero attached hydrogens (tertiary/aromatic N) is 3. The van der Waals surface area contributed by atoms with E-state index in [-0.39, 0.29) is 24.0 Å². The number of aromatic nitrogens is 2. The highest BCUT2D eigenvalue weighted by Crippen LogP contribution is 2.25. The first-order chi connectivity index (χ1) is 14.4. The van der Waals surface area contributed by atoms with Gasteiger partial charge in [0.15, 0.2) is 9.84 Å². The van der Waals surface area contributed by atoms with Crippen LogP contribution in [-0.4, -0.2) is 41.7 Å². The SMILES string of the molecule is O=C(Cn1nc(-c2ccccc2)ccc1=O)N(c1ccccc1)[C@@H]1CCS(=O)(=O)C1. The minimum absolute atomic E-state index is 0.0516. The summed E-state index contributed by atoms with van der Waals surface area (Å²) in [6.07, 6.45) is 0.370. The van der Waals surface area contributed by atoms with E-state index in [9.17, 15) is 18.0 Å². The van der Waals surface area contributed by atoms with Crippen molar-refractivity contribution < 1.29 is 13.2 Å². The van der Waals surface area contributed by atoms with Gasteiger partial charge in [-0.3, -0.25) is 9.59 Å². The monoisotopic (exact) mass is 423 g/mol. The molecule has 0 unspecified atom stereocenters. The summed E-state index contributed by atoms with van der Waals surface area (Å²) in [5, 5.41) is 4.35. The second kappa shape index (κ2) is 8.23. The van der Waals surface area contributed by atoms with Crippen molar-refractivity contribution in [3.8, 4) is 11.3 Å². The Balaban J connectivity index is 1.66. The lowest BCUT2D eigenvalue weighted by atomic mass is 10.1. The summed E-state index contributed by atoms with van der Waals surface area (Å²) in [5.41, 5.74) is 1.63. The highest BCUT2D eigenvalue weighted by atomic mass is 32.2. The number of carbonyl (C=O) groups is 1. The lowest BCUT2D eigenvalue weighted by molar-refractivity contribution is -0.119. The molecule has 0 spiro atoms. The normalized spacial score (nSPS) is 17.5. The summed E-state index contributed by atoms with van der Waals surface area (Å²) in [6.45, 7) is -0.273. The van der Waals surface area contributed by atoms with E-state index in [1.165, 1.54) is 11.0 Å². The van der Waals surface area contributed by atoms with Crippen LogP contribution in [0.5, 0.6) is 0 Å². The van der Waals surface area contributed by atoms with E-state index in [2.05, 4.69) is 5.10 Å². The molecule has 0 N–H and O–H groups in total. The molecule has 1 saturated heterocycles. The Labute approximate surface area is 174 Å². The molecule has 2 aromatic carbocycles. The van der Waals surface area contributed by atoms with Crippen LogP contribution < -0.4 is 10.5 Å². The van der Waals surface area contributed by atoms with Gasteiger partial charge < -0.3 is 4.90 Å². The van der Waals surface area contributed by atoms with Crippen molar-refractivity contribution in [3.63, 3.8) is 0 Å². The maximum Gasteiger partial charge on any atom is 0.267 e. The van der Waals surface area contributed by atoms with Crippen LogP contribution in [0.3, 0.4) is 0 Å². The molecule has 7 nitrogen and oxygen atoms in total. The second-order valence-electron chi connectivity index (χ2n) is 7.24. The van der Waals surface area contributed by atoms with Crippen LogP contribution in [0.25, 0.3) is 11.3 Å². The van der Waals surface area contributed by atoms with Crippen LogP contribution in [0, 0.1) is 0 Å². The molecule has 4 rings (SSSR count). The number of para-hydroxylation sites is 1. The molecule has 1 amide bonds. The average Bonchev–Trinajstić information content (AvgIpc) is 3.10. The van der Waals surface area contributed by atoms with E-state index in [0.29, 0.717) is 17.8 Å². The average molecular weight is 423 g/mol. The molecule has 154 valence electrons. The van der Waals surface area contributed by atoms with Crippen molar-refractivity contribution in [1.29, 1.82) is 0 Å². The lowest BCUT2D eigenvalue weighted by Gasteiger charge is -2.28. The van der Waals surface area contributed by atoms with E-state index in [4.69, 9.17) is 0 Å². The molecule has 0 bridgehead atoms. The molecule has 1 aliphatic heterocycles. The van der Waals surface area contributed by atoms with E-state index >= 15 is 0 Å². The number of sulfone groups is 1. The highest BCUT2D eigenvalue weighted by Gasteiger charge is 2.35. The number of hydrogen-bond acceptors (Lipinski definition) is 5. The Bertz CT molecular complexity index is 1210. The molecule has 0 saturated carbocycles. The molecule has 30 heavy (non-hydrogen) atoms. The number of amides is 1. The molecule has 3 aromatic rings. The maximum absolute atomic E-state index is 13.2. The first-order valence-corrected chi connectivity index (χ1v) is 11.5. The Hall–Kier alpha value is -3.26. The van der Waals surface area contributed by atoms with Gasteiger partial charge in [-0.1, -0.05) is 48.5 Å². The van der Waals surface area contributed by atoms with Gasteiger partial charge in [0.05, 0.1) is 23.2 Å². The number of hydrogen-bond donors (Lipinski definition) is 0. The molecule has 8 heteroatoms. The van der Waals surface area contributed by atoms with E-state index in [1.807, 2.05) is 36.4 Å². The van der Waals surface area contributed by atoms with Gasteiger partial charge in [-0.05, 0) is 24.6 Å². The summed E-state index contributed by atoms with van der Waals surface area (Å²) in [5.74, 6) is -0.404. The van der Waals surface area contributed by atoms with Crippen LogP contribution in [-0.2, 0) is 21.2 Å². The summed E-state index contributed by atoms with van der Waals surface area (Å²) < 4.78 is 25.1. The predicted molar refractivity (Wildman–Crippen MR) is 115 cm³/mol. The minimum Gasteiger partial charge on any atom is -0.307 e. The molecule has 1 atom stereocenters. The third-order valence-corrected chi connectivity index (χ3v) is 6.85. The Morgan fingerprint density at radius 2 is 1.67 bits per heavy atom. The molecule has 1 fully saturated rings. The predicted octanol–water partition coefficient (Wildman–Crippen LogP) is 2.13. The van der Waals surface area contributed by atoms with Gasteiger partial charge in [0.1, 0.15) is 6.54 Å². The van der Waals surface area contributed by atoms with Gasteiger partial charge in [0.25, 0.3) is 5.56 Å². The van der Waals surface area contributed by atoms with Crippen LogP contribution in [0.4, 0.5) is 5.69 Å². The minimum atomic E-state index is -3.18. The quantitative estimate of drug-likeness (QED) is 0.627. The van der Waals surface area contributed by atoms with Crippen molar-refractivity contribution in [3.05, 3.63) is 83.2 Å². The molecule has 1 aromatic heterocycles. The third kappa shape index (κ3) is 4.33. The van der Waals surface area contributed by atoms with Gasteiger partial charge in [-0.15, -0.1) is 0 Å². The first-order valence-electron chi connectivity index (χ1n) is 9.64. The largest absolute Gasteiger partial charge is 0.307 e. The number of benzene rings is 2. The van der Waals surface area contributed by atoms with Crippen molar-refractivity contribution in [2.24, 2.45) is 0 Å². The van der Waals surface area contributed by atoms with Gasteiger partial charge in [0.2, 0.25) is 5.91 Å². The molecule has 1 aliphatic rings. The Morgan fingerprint density at radius 1 is 1.00 bits per heavy atom. The van der Waals surface area contributed by atoms with Crippen molar-refractivity contribution in [2.75, 3.05) is 16.4 Å². The summed E-state index contributed by atoms with van der Waals surface area (Å²) in [4.78, 5) is 27.1. The van der Waals surface area contributed by atoms with Gasteiger partial charge in [-0.25, -0.2) is 13.1 Å². The summed E-state index contributed by atoms with van der Waals surface area (Å²) in [7, 11) is -3.18. The first kappa shape index (κ1) is 20.0.